The molecule has 128 valence electrons. The first kappa shape index (κ1) is 17.7. The van der Waals surface area contributed by atoms with E-state index in [0.717, 1.165) is 4.31 Å². The standard InChI is InChI=1S/C15H22N2O5S/c1-12(15(18)17-8-10-21-11-9-17)22-13-4-6-14(7-5-13)23(19,20)16(2)3/h4-7,12H,8-11H2,1-3H3/t12-/m1/s1. The second kappa shape index (κ2) is 7.29. The molecular formula is C15H22N2O5S. The highest BCUT2D eigenvalue weighted by Crippen LogP contribution is 2.19. The molecule has 0 aliphatic carbocycles. The maximum Gasteiger partial charge on any atom is 0.263 e. The van der Waals surface area contributed by atoms with Crippen LogP contribution >= 0.6 is 0 Å². The summed E-state index contributed by atoms with van der Waals surface area (Å²) in [5.41, 5.74) is 0. The van der Waals surface area contributed by atoms with Gasteiger partial charge >= 0.3 is 0 Å². The maximum atomic E-state index is 12.3. The Kier molecular flexibility index (Phi) is 5.61. The van der Waals surface area contributed by atoms with Gasteiger partial charge in [-0.3, -0.25) is 4.79 Å². The van der Waals surface area contributed by atoms with Crippen LogP contribution in [-0.4, -0.2) is 70.0 Å². The second-order valence-corrected chi connectivity index (χ2v) is 7.61. The highest BCUT2D eigenvalue weighted by molar-refractivity contribution is 7.89. The van der Waals surface area contributed by atoms with E-state index >= 15 is 0 Å². The predicted octanol–water partition coefficient (Wildman–Crippen LogP) is 0.563. The Bertz CT molecular complexity index is 636. The molecule has 0 radical (unpaired) electrons. The topological polar surface area (TPSA) is 76.2 Å². The summed E-state index contributed by atoms with van der Waals surface area (Å²) in [7, 11) is -0.517. The van der Waals surface area contributed by atoms with Crippen molar-refractivity contribution in [1.82, 2.24) is 9.21 Å². The summed E-state index contributed by atoms with van der Waals surface area (Å²) in [6.45, 7) is 3.88. The van der Waals surface area contributed by atoms with Crippen molar-refractivity contribution in [1.29, 1.82) is 0 Å². The number of ether oxygens (including phenoxy) is 2. The van der Waals surface area contributed by atoms with Crippen molar-refractivity contribution in [3.8, 4) is 5.75 Å². The number of hydrogen-bond donors (Lipinski definition) is 0. The van der Waals surface area contributed by atoms with Crippen LogP contribution < -0.4 is 4.74 Å². The summed E-state index contributed by atoms with van der Waals surface area (Å²) in [6.07, 6.45) is -0.635. The summed E-state index contributed by atoms with van der Waals surface area (Å²) < 4.78 is 36.0. The van der Waals surface area contributed by atoms with E-state index < -0.39 is 16.1 Å². The third-order valence-electron chi connectivity index (χ3n) is 3.59. The van der Waals surface area contributed by atoms with Gasteiger partial charge in [-0.15, -0.1) is 0 Å². The first-order valence-corrected chi connectivity index (χ1v) is 8.82. The van der Waals surface area contributed by atoms with Crippen molar-refractivity contribution >= 4 is 15.9 Å². The van der Waals surface area contributed by atoms with E-state index in [1.165, 1.54) is 26.2 Å². The van der Waals surface area contributed by atoms with E-state index in [1.807, 2.05) is 0 Å². The number of nitrogens with zero attached hydrogens (tertiary/aromatic N) is 2. The van der Waals surface area contributed by atoms with Gasteiger partial charge in [0.15, 0.2) is 6.10 Å². The SMILES string of the molecule is C[C@@H](Oc1ccc(S(=O)(=O)N(C)C)cc1)C(=O)N1CCOCC1. The van der Waals surface area contributed by atoms with Crippen LogP contribution in [0.25, 0.3) is 0 Å². The van der Waals surface area contributed by atoms with Crippen molar-refractivity contribution in [3.05, 3.63) is 24.3 Å². The summed E-state index contributed by atoms with van der Waals surface area (Å²) in [5, 5.41) is 0. The lowest BCUT2D eigenvalue weighted by Gasteiger charge is -2.29. The van der Waals surface area contributed by atoms with E-state index in [1.54, 1.807) is 24.0 Å². The fourth-order valence-electron chi connectivity index (χ4n) is 2.20. The van der Waals surface area contributed by atoms with E-state index in [-0.39, 0.29) is 10.8 Å². The van der Waals surface area contributed by atoms with E-state index in [2.05, 4.69) is 0 Å². The van der Waals surface area contributed by atoms with Crippen LogP contribution in [-0.2, 0) is 19.6 Å². The van der Waals surface area contributed by atoms with E-state index in [9.17, 15) is 13.2 Å². The molecular weight excluding hydrogens is 320 g/mol. The third kappa shape index (κ3) is 4.21. The smallest absolute Gasteiger partial charge is 0.263 e. The molecule has 0 N–H and O–H groups in total. The summed E-state index contributed by atoms with van der Waals surface area (Å²) >= 11 is 0. The maximum absolute atomic E-state index is 12.3. The molecule has 1 aliphatic heterocycles. The first-order valence-electron chi connectivity index (χ1n) is 7.38. The molecule has 23 heavy (non-hydrogen) atoms. The summed E-state index contributed by atoms with van der Waals surface area (Å²) in [6, 6.07) is 6.05. The fourth-order valence-corrected chi connectivity index (χ4v) is 3.10. The molecule has 1 atom stereocenters. The number of sulfonamides is 1. The van der Waals surface area contributed by atoms with Gasteiger partial charge in [0, 0.05) is 27.2 Å². The van der Waals surface area contributed by atoms with E-state index in [4.69, 9.17) is 9.47 Å². The lowest BCUT2D eigenvalue weighted by Crippen LogP contribution is -2.46. The molecule has 1 aromatic carbocycles. The van der Waals surface area contributed by atoms with Gasteiger partial charge in [-0.25, -0.2) is 12.7 Å². The zero-order chi connectivity index (χ0) is 17.0. The zero-order valence-electron chi connectivity index (χ0n) is 13.6. The Labute approximate surface area is 136 Å². The minimum absolute atomic E-state index is 0.0988. The predicted molar refractivity (Wildman–Crippen MR) is 84.8 cm³/mol. The van der Waals surface area contributed by atoms with Crippen LogP contribution in [0.3, 0.4) is 0 Å². The number of rotatable bonds is 5. The Balaban J connectivity index is 2.01. The fraction of sp³-hybridized carbons (Fsp3) is 0.533. The number of carbonyl (C=O) groups excluding carboxylic acids is 1. The Morgan fingerprint density at radius 2 is 1.78 bits per heavy atom. The molecule has 0 aromatic heterocycles. The number of morpholine rings is 1. The number of amides is 1. The molecule has 1 aromatic rings. The second-order valence-electron chi connectivity index (χ2n) is 5.46. The zero-order valence-corrected chi connectivity index (χ0v) is 14.4. The van der Waals surface area contributed by atoms with Gasteiger partial charge in [-0.2, -0.15) is 0 Å². The molecule has 0 bridgehead atoms. The minimum Gasteiger partial charge on any atom is -0.481 e. The van der Waals surface area contributed by atoms with Crippen molar-refractivity contribution in [2.24, 2.45) is 0 Å². The molecule has 0 spiro atoms. The molecule has 0 saturated carbocycles. The van der Waals surface area contributed by atoms with Crippen molar-refractivity contribution in [3.63, 3.8) is 0 Å². The molecule has 7 nitrogen and oxygen atoms in total. The van der Waals surface area contributed by atoms with Gasteiger partial charge in [-0.05, 0) is 31.2 Å². The van der Waals surface area contributed by atoms with Gasteiger partial charge < -0.3 is 14.4 Å². The average molecular weight is 342 g/mol. The van der Waals surface area contributed by atoms with Gasteiger partial charge in [0.25, 0.3) is 5.91 Å². The lowest BCUT2D eigenvalue weighted by atomic mass is 10.3. The monoisotopic (exact) mass is 342 g/mol. The molecule has 2 rings (SSSR count). The van der Waals surface area contributed by atoms with E-state index in [0.29, 0.717) is 32.1 Å². The quantitative estimate of drug-likeness (QED) is 0.782. The molecule has 1 aliphatic rings. The van der Waals surface area contributed by atoms with Crippen LogP contribution in [0.5, 0.6) is 5.75 Å². The number of benzene rings is 1. The summed E-state index contributed by atoms with van der Waals surface area (Å²) in [5.74, 6) is 0.357. The van der Waals surface area contributed by atoms with Crippen LogP contribution in [0.15, 0.2) is 29.2 Å². The van der Waals surface area contributed by atoms with Gasteiger partial charge in [-0.1, -0.05) is 0 Å². The number of hydrogen-bond acceptors (Lipinski definition) is 5. The van der Waals surface area contributed by atoms with Crippen LogP contribution in [0.4, 0.5) is 0 Å². The molecule has 0 unspecified atom stereocenters. The molecule has 1 saturated heterocycles. The van der Waals surface area contributed by atoms with Crippen LogP contribution in [0, 0.1) is 0 Å². The minimum atomic E-state index is -3.47. The van der Waals surface area contributed by atoms with Gasteiger partial charge in [0.05, 0.1) is 18.1 Å². The Morgan fingerprint density at radius 1 is 1.22 bits per heavy atom. The normalized spacial score (nSPS) is 17.1. The number of carbonyl (C=O) groups is 1. The van der Waals surface area contributed by atoms with Gasteiger partial charge in [0.2, 0.25) is 10.0 Å². The Hall–Kier alpha value is -1.64. The summed E-state index contributed by atoms with van der Waals surface area (Å²) in [4.78, 5) is 14.2. The van der Waals surface area contributed by atoms with Crippen molar-refractivity contribution in [2.75, 3.05) is 40.4 Å². The van der Waals surface area contributed by atoms with Crippen LogP contribution in [0.2, 0.25) is 0 Å². The van der Waals surface area contributed by atoms with Crippen molar-refractivity contribution < 1.29 is 22.7 Å². The third-order valence-corrected chi connectivity index (χ3v) is 5.42. The molecule has 1 heterocycles. The molecule has 8 heteroatoms. The molecule has 1 amide bonds. The largest absolute Gasteiger partial charge is 0.481 e. The van der Waals surface area contributed by atoms with Crippen molar-refractivity contribution in [2.45, 2.75) is 17.9 Å². The lowest BCUT2D eigenvalue weighted by molar-refractivity contribution is -0.142. The first-order chi connectivity index (χ1) is 10.8. The van der Waals surface area contributed by atoms with Gasteiger partial charge in [0.1, 0.15) is 5.75 Å². The average Bonchev–Trinajstić information content (AvgIpc) is 2.55. The highest BCUT2D eigenvalue weighted by atomic mass is 32.2. The Morgan fingerprint density at radius 3 is 2.30 bits per heavy atom. The highest BCUT2D eigenvalue weighted by Gasteiger charge is 2.24. The molecule has 1 fully saturated rings. The van der Waals surface area contributed by atoms with Crippen LogP contribution in [0.1, 0.15) is 6.92 Å².